The smallest absolute Gasteiger partial charge is 0.358 e. The van der Waals surface area contributed by atoms with Gasteiger partial charge in [-0.15, -0.1) is 23.1 Å². The van der Waals surface area contributed by atoms with E-state index in [-0.39, 0.29) is 11.4 Å². The van der Waals surface area contributed by atoms with E-state index in [0.717, 1.165) is 0 Å². The molecule has 1 N–H and O–H groups in total. The fourth-order valence-electron chi connectivity index (χ4n) is 3.55. The number of rotatable bonds is 10. The third-order valence-corrected chi connectivity index (χ3v) is 9.28. The van der Waals surface area contributed by atoms with E-state index in [0.29, 0.717) is 27.1 Å². The van der Waals surface area contributed by atoms with E-state index in [1.165, 1.54) is 71.7 Å². The second kappa shape index (κ2) is 12.7. The Hall–Kier alpha value is -3.02. The average Bonchev–Trinajstić information content (AvgIpc) is 3.62. The lowest BCUT2D eigenvalue weighted by Gasteiger charge is -2.49. The molecule has 17 heteroatoms. The molecule has 0 aliphatic carbocycles. The second-order valence-electron chi connectivity index (χ2n) is 9.43. The van der Waals surface area contributed by atoms with Gasteiger partial charge in [0, 0.05) is 23.8 Å². The van der Waals surface area contributed by atoms with Crippen molar-refractivity contribution >= 4 is 75.9 Å². The van der Waals surface area contributed by atoms with Crippen LogP contribution < -0.4 is 5.32 Å². The van der Waals surface area contributed by atoms with Gasteiger partial charge in [0.2, 0.25) is 6.29 Å². The van der Waals surface area contributed by atoms with Crippen molar-refractivity contribution in [1.29, 1.82) is 0 Å². The number of carbonyl (C=O) groups excluding carboxylic acids is 4. The van der Waals surface area contributed by atoms with Gasteiger partial charge in [0.05, 0.1) is 10.9 Å². The van der Waals surface area contributed by atoms with Crippen molar-refractivity contribution in [1.82, 2.24) is 24.6 Å². The monoisotopic (exact) mass is 626 g/mol. The lowest BCUT2D eigenvalue weighted by atomic mass is 9.97. The molecule has 4 heterocycles. The molecule has 0 aromatic carbocycles. The van der Waals surface area contributed by atoms with Crippen molar-refractivity contribution < 1.29 is 33.5 Å². The molecule has 2 aliphatic rings. The molecule has 2 aliphatic heterocycles. The highest BCUT2D eigenvalue weighted by molar-refractivity contribution is 8.01. The molecule has 4 rings (SSSR count). The Morgan fingerprint density at radius 3 is 2.67 bits per heavy atom. The van der Waals surface area contributed by atoms with E-state index in [9.17, 15) is 19.2 Å². The van der Waals surface area contributed by atoms with Gasteiger partial charge in [0.1, 0.15) is 36.2 Å². The SMILES string of the molecule is CON=C(C(=O)NC1C(=O)N2C(C(=O)OC(C)OC(=O)C(C)(C)C)=C(CSc3ncns3)CS[C@@H]12)c1cscn1. The van der Waals surface area contributed by atoms with Crippen LogP contribution in [0.2, 0.25) is 0 Å². The molecule has 1 fully saturated rings. The molecule has 1 saturated heterocycles. The maximum Gasteiger partial charge on any atom is 0.358 e. The zero-order chi connectivity index (χ0) is 29.0. The number of nitrogens with one attached hydrogen (secondary N) is 1. The summed E-state index contributed by atoms with van der Waals surface area (Å²) in [6, 6.07) is -0.922. The van der Waals surface area contributed by atoms with Gasteiger partial charge in [-0.05, 0) is 37.9 Å². The molecular weight excluding hydrogens is 601 g/mol. The van der Waals surface area contributed by atoms with Crippen molar-refractivity contribution in [2.24, 2.45) is 10.6 Å². The number of fused-ring (bicyclic) bond motifs is 1. The summed E-state index contributed by atoms with van der Waals surface area (Å²) in [6.45, 7) is 6.48. The van der Waals surface area contributed by atoms with Crippen LogP contribution in [0, 0.1) is 5.41 Å². The number of amides is 2. The number of aromatic nitrogens is 3. The maximum absolute atomic E-state index is 13.4. The first-order chi connectivity index (χ1) is 19.0. The van der Waals surface area contributed by atoms with Crippen molar-refractivity contribution in [3.63, 3.8) is 0 Å². The minimum absolute atomic E-state index is 0.0557. The molecule has 2 aromatic heterocycles. The lowest BCUT2D eigenvalue weighted by Crippen LogP contribution is -2.71. The fraction of sp³-hybridized carbons (Fsp3) is 0.478. The Labute approximate surface area is 246 Å². The number of oxime groups is 1. The van der Waals surface area contributed by atoms with Gasteiger partial charge < -0.3 is 19.6 Å². The largest absolute Gasteiger partial charge is 0.425 e. The predicted octanol–water partition coefficient (Wildman–Crippen LogP) is 2.27. The summed E-state index contributed by atoms with van der Waals surface area (Å²) >= 11 is 5.26. The van der Waals surface area contributed by atoms with Crippen LogP contribution in [0.25, 0.3) is 0 Å². The van der Waals surface area contributed by atoms with Crippen molar-refractivity contribution in [2.75, 3.05) is 18.6 Å². The molecule has 0 saturated carbocycles. The van der Waals surface area contributed by atoms with E-state index in [1.54, 1.807) is 31.7 Å². The molecule has 0 radical (unpaired) electrons. The number of thioether (sulfide) groups is 2. The molecule has 0 bridgehead atoms. The van der Waals surface area contributed by atoms with Crippen molar-refractivity contribution in [3.05, 3.63) is 34.2 Å². The molecule has 2 aromatic rings. The third-order valence-electron chi connectivity index (χ3n) is 5.47. The van der Waals surface area contributed by atoms with Crippen LogP contribution in [0.1, 0.15) is 33.4 Å². The molecule has 0 spiro atoms. The molecular formula is C23H26N6O7S4. The van der Waals surface area contributed by atoms with E-state index in [2.05, 4.69) is 24.8 Å². The summed E-state index contributed by atoms with van der Waals surface area (Å²) in [4.78, 5) is 66.3. The standard InChI is InChI=1S/C23H26N6O7S4/c1-11(36-21(33)23(2,3)4)35-20(32)16-12(7-39-22-24-9-26-40-22)6-38-19-15(18(31)29(16)19)27-17(30)14(28-34-5)13-8-37-10-25-13/h8-11,15,19H,6-7H2,1-5H3,(H,27,30)/t11?,15?,19-/m0/s1. The minimum Gasteiger partial charge on any atom is -0.425 e. The first-order valence-corrected chi connectivity index (χ1v) is 15.5. The van der Waals surface area contributed by atoms with Crippen LogP contribution in [-0.4, -0.2) is 85.0 Å². The van der Waals surface area contributed by atoms with Gasteiger partial charge in [-0.1, -0.05) is 16.9 Å². The zero-order valence-electron chi connectivity index (χ0n) is 22.1. The highest BCUT2D eigenvalue weighted by Gasteiger charge is 2.55. The number of esters is 2. The van der Waals surface area contributed by atoms with Gasteiger partial charge >= 0.3 is 11.9 Å². The minimum atomic E-state index is -1.19. The fourth-order valence-corrected chi connectivity index (χ4v) is 7.02. The average molecular weight is 627 g/mol. The molecule has 2 amide bonds. The van der Waals surface area contributed by atoms with Crippen LogP contribution >= 0.6 is 46.4 Å². The number of carbonyl (C=O) groups is 4. The summed E-state index contributed by atoms with van der Waals surface area (Å²) in [7, 11) is 1.30. The Balaban J connectivity index is 1.53. The number of hydrogen-bond donors (Lipinski definition) is 1. The topological polar surface area (TPSA) is 162 Å². The second-order valence-corrected chi connectivity index (χ2v) is 13.3. The van der Waals surface area contributed by atoms with E-state index >= 15 is 0 Å². The van der Waals surface area contributed by atoms with Gasteiger partial charge in [-0.25, -0.2) is 14.8 Å². The number of β-lactam (4-membered cyclic amide) rings is 1. The van der Waals surface area contributed by atoms with Crippen LogP contribution in [0.15, 0.2) is 38.0 Å². The summed E-state index contributed by atoms with van der Waals surface area (Å²) < 4.78 is 15.4. The highest BCUT2D eigenvalue weighted by atomic mass is 32.2. The third kappa shape index (κ3) is 6.64. The van der Waals surface area contributed by atoms with Crippen molar-refractivity contribution in [2.45, 2.75) is 49.7 Å². The number of ether oxygens (including phenoxy) is 2. The highest BCUT2D eigenvalue weighted by Crippen LogP contribution is 2.42. The molecule has 13 nitrogen and oxygen atoms in total. The summed E-state index contributed by atoms with van der Waals surface area (Å²) in [5, 5.41) is 7.52. The first-order valence-electron chi connectivity index (χ1n) is 11.8. The summed E-state index contributed by atoms with van der Waals surface area (Å²) in [5.41, 5.74) is 1.68. The van der Waals surface area contributed by atoms with Crippen LogP contribution in [0.5, 0.6) is 0 Å². The molecule has 40 heavy (non-hydrogen) atoms. The van der Waals surface area contributed by atoms with E-state index < -0.39 is 46.9 Å². The Morgan fingerprint density at radius 2 is 2.05 bits per heavy atom. The van der Waals surface area contributed by atoms with Gasteiger partial charge in [-0.3, -0.25) is 19.3 Å². The molecule has 2 unspecified atom stereocenters. The summed E-state index contributed by atoms with van der Waals surface area (Å²) in [6.07, 6.45) is 0.251. The number of hydrogen-bond acceptors (Lipinski definition) is 15. The van der Waals surface area contributed by atoms with Gasteiger partial charge in [-0.2, -0.15) is 4.37 Å². The Bertz CT molecular complexity index is 1320. The van der Waals surface area contributed by atoms with Crippen LogP contribution in [0.3, 0.4) is 0 Å². The number of nitrogens with zero attached hydrogens (tertiary/aromatic N) is 5. The van der Waals surface area contributed by atoms with E-state index in [4.69, 9.17) is 14.3 Å². The van der Waals surface area contributed by atoms with Crippen LogP contribution in [0.4, 0.5) is 0 Å². The van der Waals surface area contributed by atoms with E-state index in [1.807, 2.05) is 0 Å². The predicted molar refractivity (Wildman–Crippen MR) is 149 cm³/mol. The Morgan fingerprint density at radius 1 is 1.27 bits per heavy atom. The van der Waals surface area contributed by atoms with Crippen molar-refractivity contribution in [3.8, 4) is 0 Å². The molecule has 3 atom stereocenters. The quantitative estimate of drug-likeness (QED) is 0.102. The normalized spacial score (nSPS) is 19.9. The zero-order valence-corrected chi connectivity index (χ0v) is 25.4. The number of thiazole rings is 1. The first kappa shape index (κ1) is 30.0. The summed E-state index contributed by atoms with van der Waals surface area (Å²) in [5.74, 6) is -1.75. The lowest BCUT2D eigenvalue weighted by molar-refractivity contribution is -0.190. The van der Waals surface area contributed by atoms with Gasteiger partial charge in [0.25, 0.3) is 11.8 Å². The maximum atomic E-state index is 13.4. The van der Waals surface area contributed by atoms with Gasteiger partial charge in [0.15, 0.2) is 10.1 Å². The molecule has 214 valence electrons. The Kier molecular flexibility index (Phi) is 9.48. The van der Waals surface area contributed by atoms with Crippen LogP contribution in [-0.2, 0) is 33.5 Å².